The van der Waals surface area contributed by atoms with Crippen molar-refractivity contribution in [3.63, 3.8) is 0 Å². The van der Waals surface area contributed by atoms with E-state index in [1.165, 1.54) is 36.1 Å². The molecule has 0 amide bonds. The predicted molar refractivity (Wildman–Crippen MR) is 74.0 cm³/mol. The zero-order valence-corrected chi connectivity index (χ0v) is 13.7. The molecule has 2 heteroatoms. The van der Waals surface area contributed by atoms with Gasteiger partial charge in [0.15, 0.2) is 0 Å². The molecular formula is C16H26BrN. The normalized spacial score (nSPS) is 35.9. The number of halogens is 1. The Morgan fingerprint density at radius 1 is 1.28 bits per heavy atom. The molecule has 3 atom stereocenters. The Kier molecular flexibility index (Phi) is 5.02. The highest BCUT2D eigenvalue weighted by Gasteiger charge is 2.43. The van der Waals surface area contributed by atoms with Crippen LogP contribution in [0.2, 0.25) is 0 Å². The van der Waals surface area contributed by atoms with Crippen molar-refractivity contribution in [3.8, 4) is 0 Å². The van der Waals surface area contributed by atoms with Gasteiger partial charge in [0.25, 0.3) is 0 Å². The zero-order chi connectivity index (χ0) is 12.5. The van der Waals surface area contributed by atoms with Gasteiger partial charge in [-0.25, -0.2) is 0 Å². The summed E-state index contributed by atoms with van der Waals surface area (Å²) in [7, 11) is 2.40. The Bertz CT molecular complexity index is 378. The molecule has 1 fully saturated rings. The third-order valence-corrected chi connectivity index (χ3v) is 5.17. The number of benzene rings is 1. The summed E-state index contributed by atoms with van der Waals surface area (Å²) in [5.74, 6) is 0.753. The molecule has 3 unspecified atom stereocenters. The van der Waals surface area contributed by atoms with Crippen molar-refractivity contribution in [1.82, 2.24) is 0 Å². The molecule has 1 aliphatic heterocycles. The largest absolute Gasteiger partial charge is 1.00 e. The quantitative estimate of drug-likeness (QED) is 0.696. The van der Waals surface area contributed by atoms with Crippen molar-refractivity contribution in [1.29, 1.82) is 0 Å². The molecule has 0 saturated carbocycles. The Labute approximate surface area is 123 Å². The zero-order valence-electron chi connectivity index (χ0n) is 12.1. The highest BCUT2D eigenvalue weighted by molar-refractivity contribution is 5.25. The van der Waals surface area contributed by atoms with Gasteiger partial charge >= 0.3 is 0 Å². The average Bonchev–Trinajstić information content (AvgIpc) is 2.36. The summed E-state index contributed by atoms with van der Waals surface area (Å²) in [4.78, 5) is 0. The van der Waals surface area contributed by atoms with Gasteiger partial charge in [0.05, 0.1) is 26.7 Å². The lowest BCUT2D eigenvalue weighted by Gasteiger charge is -2.49. The van der Waals surface area contributed by atoms with Crippen LogP contribution in [0.3, 0.4) is 0 Å². The summed E-state index contributed by atoms with van der Waals surface area (Å²) in [6.07, 6.45) is 1.31. The van der Waals surface area contributed by atoms with Crippen LogP contribution >= 0.6 is 0 Å². The van der Waals surface area contributed by atoms with Crippen LogP contribution in [0.4, 0.5) is 0 Å². The second kappa shape index (κ2) is 5.75. The maximum atomic E-state index is 2.45. The minimum Gasteiger partial charge on any atom is -1.00 e. The fourth-order valence-corrected chi connectivity index (χ4v) is 3.24. The van der Waals surface area contributed by atoms with Crippen LogP contribution in [-0.2, 0) is 5.41 Å². The van der Waals surface area contributed by atoms with Crippen LogP contribution in [0.1, 0.15) is 32.8 Å². The molecule has 0 spiro atoms. The molecule has 1 aromatic rings. The van der Waals surface area contributed by atoms with E-state index in [4.69, 9.17) is 0 Å². The molecule has 0 radical (unpaired) electrons. The molecular weight excluding hydrogens is 286 g/mol. The van der Waals surface area contributed by atoms with E-state index in [0.29, 0.717) is 5.41 Å². The minimum absolute atomic E-state index is 0. The molecule has 1 saturated heterocycles. The monoisotopic (exact) mass is 311 g/mol. The van der Waals surface area contributed by atoms with E-state index in [-0.39, 0.29) is 17.0 Å². The smallest absolute Gasteiger partial charge is 0.0818 e. The lowest BCUT2D eigenvalue weighted by atomic mass is 9.67. The third kappa shape index (κ3) is 2.80. The summed E-state index contributed by atoms with van der Waals surface area (Å²) in [5.41, 5.74) is 1.89. The average molecular weight is 312 g/mol. The standard InChI is InChI=1S/C16H26N.BrH/c1-5-17(4)12-11-16(3,14(2)13-17)15-9-7-6-8-10-15;/h6-10,14H,5,11-13H2,1-4H3;1H/q+1;/p-1. The predicted octanol–water partition coefficient (Wildman–Crippen LogP) is 0.455. The summed E-state index contributed by atoms with van der Waals surface area (Å²) in [5, 5.41) is 0. The van der Waals surface area contributed by atoms with Crippen LogP contribution in [0.5, 0.6) is 0 Å². The van der Waals surface area contributed by atoms with Crippen LogP contribution in [-0.4, -0.2) is 31.2 Å². The van der Waals surface area contributed by atoms with Crippen LogP contribution in [0, 0.1) is 5.92 Å². The number of rotatable bonds is 2. The summed E-state index contributed by atoms with van der Waals surface area (Å²) in [6.45, 7) is 11.1. The molecule has 0 aromatic heterocycles. The molecule has 2 rings (SSSR count). The number of piperidine rings is 1. The van der Waals surface area contributed by atoms with E-state index in [1.807, 2.05) is 0 Å². The molecule has 1 heterocycles. The van der Waals surface area contributed by atoms with E-state index < -0.39 is 0 Å². The molecule has 0 N–H and O–H groups in total. The highest BCUT2D eigenvalue weighted by Crippen LogP contribution is 2.40. The van der Waals surface area contributed by atoms with E-state index in [1.54, 1.807) is 0 Å². The van der Waals surface area contributed by atoms with Gasteiger partial charge in [0, 0.05) is 17.8 Å². The van der Waals surface area contributed by atoms with Gasteiger partial charge in [-0.3, -0.25) is 0 Å². The molecule has 1 aliphatic rings. The van der Waals surface area contributed by atoms with Crippen molar-refractivity contribution in [3.05, 3.63) is 35.9 Å². The molecule has 1 aromatic carbocycles. The summed E-state index contributed by atoms with van der Waals surface area (Å²) < 4.78 is 1.24. The number of hydrogen-bond acceptors (Lipinski definition) is 0. The van der Waals surface area contributed by atoms with Crippen LogP contribution in [0.25, 0.3) is 0 Å². The summed E-state index contributed by atoms with van der Waals surface area (Å²) >= 11 is 0. The molecule has 1 nitrogen and oxygen atoms in total. The molecule has 0 aliphatic carbocycles. The Balaban J connectivity index is 0.00000162. The van der Waals surface area contributed by atoms with Crippen LogP contribution < -0.4 is 17.0 Å². The van der Waals surface area contributed by atoms with Crippen molar-refractivity contribution >= 4 is 0 Å². The number of nitrogens with zero attached hydrogens (tertiary/aromatic N) is 1. The Morgan fingerprint density at radius 3 is 2.39 bits per heavy atom. The van der Waals surface area contributed by atoms with E-state index in [0.717, 1.165) is 5.92 Å². The Morgan fingerprint density at radius 2 is 1.89 bits per heavy atom. The van der Waals surface area contributed by atoms with Crippen LogP contribution in [0.15, 0.2) is 30.3 Å². The maximum absolute atomic E-state index is 2.45. The lowest BCUT2D eigenvalue weighted by molar-refractivity contribution is -0.917. The Hall–Kier alpha value is -0.340. The molecule has 102 valence electrons. The van der Waals surface area contributed by atoms with Crippen molar-refractivity contribution in [2.24, 2.45) is 5.92 Å². The minimum atomic E-state index is 0. The van der Waals surface area contributed by atoms with Gasteiger partial charge in [0.1, 0.15) is 0 Å². The second-order valence-corrected chi connectivity index (χ2v) is 6.28. The van der Waals surface area contributed by atoms with Gasteiger partial charge < -0.3 is 21.5 Å². The topological polar surface area (TPSA) is 0 Å². The molecule has 0 bridgehead atoms. The first kappa shape index (κ1) is 15.7. The first-order valence-electron chi connectivity index (χ1n) is 6.89. The van der Waals surface area contributed by atoms with Gasteiger partial charge in [0.2, 0.25) is 0 Å². The van der Waals surface area contributed by atoms with E-state index in [2.05, 4.69) is 58.2 Å². The first-order valence-corrected chi connectivity index (χ1v) is 6.89. The fourth-order valence-electron chi connectivity index (χ4n) is 3.24. The maximum Gasteiger partial charge on any atom is 0.0818 e. The fraction of sp³-hybridized carbons (Fsp3) is 0.625. The molecule has 18 heavy (non-hydrogen) atoms. The second-order valence-electron chi connectivity index (χ2n) is 6.28. The summed E-state index contributed by atoms with van der Waals surface area (Å²) in [6, 6.07) is 11.1. The first-order chi connectivity index (χ1) is 8.00. The third-order valence-electron chi connectivity index (χ3n) is 5.17. The van der Waals surface area contributed by atoms with Gasteiger partial charge in [-0.1, -0.05) is 44.2 Å². The van der Waals surface area contributed by atoms with Gasteiger partial charge in [-0.15, -0.1) is 0 Å². The number of likely N-dealkylation sites (tertiary alicyclic amines) is 1. The van der Waals surface area contributed by atoms with Gasteiger partial charge in [-0.05, 0) is 12.5 Å². The van der Waals surface area contributed by atoms with Crippen molar-refractivity contribution in [2.75, 3.05) is 26.7 Å². The van der Waals surface area contributed by atoms with Crippen molar-refractivity contribution < 1.29 is 21.5 Å². The number of quaternary nitrogens is 1. The SMILES string of the molecule is CC[N+]1(C)CCC(C)(c2ccccc2)C(C)C1.[Br-]. The highest BCUT2D eigenvalue weighted by atomic mass is 79.9. The van der Waals surface area contributed by atoms with E-state index >= 15 is 0 Å². The van der Waals surface area contributed by atoms with Crippen molar-refractivity contribution in [2.45, 2.75) is 32.6 Å². The lowest BCUT2D eigenvalue weighted by Crippen LogP contribution is -3.00. The number of hydrogen-bond donors (Lipinski definition) is 0. The van der Waals surface area contributed by atoms with Gasteiger partial charge in [-0.2, -0.15) is 0 Å². The van der Waals surface area contributed by atoms with E-state index in [9.17, 15) is 0 Å².